The minimum absolute atomic E-state index is 0.578. The molecule has 4 bridgehead atoms. The van der Waals surface area contributed by atoms with Crippen molar-refractivity contribution in [1.82, 2.24) is 0 Å². The molecule has 40 heavy (non-hydrogen) atoms. The van der Waals surface area contributed by atoms with Crippen LogP contribution >= 0.6 is 117 Å². The maximum atomic E-state index is 7.03. The van der Waals surface area contributed by atoms with Gasteiger partial charge >= 0.3 is 0 Å². The lowest BCUT2D eigenvalue weighted by Crippen LogP contribution is -2.23. The second-order valence-electron chi connectivity index (χ2n) is 9.95. The van der Waals surface area contributed by atoms with Gasteiger partial charge in [-0.2, -0.15) is 23.5 Å². The van der Waals surface area contributed by atoms with Gasteiger partial charge < -0.3 is 0 Å². The van der Waals surface area contributed by atoms with Crippen LogP contribution in [-0.2, 0) is 25.7 Å². The summed E-state index contributed by atoms with van der Waals surface area (Å²) in [6.07, 6.45) is 12.6. The largest absolute Gasteiger partial charge is 0.159 e. The van der Waals surface area contributed by atoms with E-state index in [0.29, 0.717) is 19.7 Å². The lowest BCUT2D eigenvalue weighted by molar-refractivity contribution is 0.999. The first-order chi connectivity index (χ1) is 19.4. The molecule has 0 N–H and O–H groups in total. The summed E-state index contributed by atoms with van der Waals surface area (Å²) in [6, 6.07) is 13.7. The Bertz CT molecular complexity index is 1160. The summed E-state index contributed by atoms with van der Waals surface area (Å²) >= 11 is 30.2. The van der Waals surface area contributed by atoms with Crippen LogP contribution in [0.25, 0.3) is 0 Å². The van der Waals surface area contributed by atoms with Crippen molar-refractivity contribution in [3.05, 3.63) is 88.3 Å². The van der Waals surface area contributed by atoms with Gasteiger partial charge in [0.2, 0.25) is 0 Å². The van der Waals surface area contributed by atoms with Crippen molar-refractivity contribution in [2.24, 2.45) is 0 Å². The molecule has 10 heteroatoms. The Morgan fingerprint density at radius 3 is 1.35 bits per heavy atom. The Morgan fingerprint density at radius 2 is 1.00 bits per heavy atom. The predicted molar refractivity (Wildman–Crippen MR) is 201 cm³/mol. The minimum atomic E-state index is 0.578. The highest BCUT2D eigenvalue weighted by atomic mass is 35.5. The number of hydrogen-bond acceptors (Lipinski definition) is 8. The molecule has 8 rings (SSSR count). The number of benzene rings is 2. The van der Waals surface area contributed by atoms with Gasteiger partial charge in [0.1, 0.15) is 0 Å². The van der Waals surface area contributed by atoms with Crippen molar-refractivity contribution in [2.75, 3.05) is 36.5 Å². The summed E-state index contributed by atoms with van der Waals surface area (Å²) < 4.78 is 4.11. The number of hydrogen-bond donors (Lipinski definition) is 0. The molecule has 4 atom stereocenters. The molecular weight excluding hydrogens is 688 g/mol. The monoisotopic (exact) mass is 720 g/mol. The van der Waals surface area contributed by atoms with Crippen LogP contribution in [0.4, 0.5) is 0 Å². The molecule has 216 valence electrons. The van der Waals surface area contributed by atoms with Gasteiger partial charge in [-0.3, -0.25) is 0 Å². The maximum absolute atomic E-state index is 7.03. The topological polar surface area (TPSA) is 0 Å². The maximum Gasteiger partial charge on any atom is 0.0678 e. The van der Waals surface area contributed by atoms with Gasteiger partial charge in [-0.1, -0.05) is 47.5 Å². The summed E-state index contributed by atoms with van der Waals surface area (Å²) in [6.45, 7) is 0. The van der Waals surface area contributed by atoms with Gasteiger partial charge in [0.15, 0.2) is 0 Å². The fourth-order valence-corrected chi connectivity index (χ4v) is 17.7. The van der Waals surface area contributed by atoms with Crippen molar-refractivity contribution < 1.29 is 0 Å². The van der Waals surface area contributed by atoms with Crippen LogP contribution in [0, 0.1) is 0 Å². The average Bonchev–Trinajstić information content (AvgIpc) is 2.98. The van der Waals surface area contributed by atoms with Crippen LogP contribution in [0.3, 0.4) is 0 Å². The van der Waals surface area contributed by atoms with Crippen molar-refractivity contribution in [3.8, 4) is 0 Å². The molecule has 2 aliphatic heterocycles. The van der Waals surface area contributed by atoms with E-state index in [1.807, 2.05) is 70.6 Å². The quantitative estimate of drug-likeness (QED) is 0.302. The first-order valence-electron chi connectivity index (χ1n) is 13.1. The van der Waals surface area contributed by atoms with E-state index >= 15 is 0 Å². The van der Waals surface area contributed by atoms with Gasteiger partial charge in [-0.25, -0.2) is 0 Å². The lowest BCUT2D eigenvalue weighted by Gasteiger charge is -2.31. The van der Waals surface area contributed by atoms with Crippen molar-refractivity contribution >= 4 is 117 Å². The van der Waals surface area contributed by atoms with Crippen LogP contribution < -0.4 is 0 Å². The summed E-state index contributed by atoms with van der Waals surface area (Å²) in [4.78, 5) is 0. The molecule has 4 aliphatic carbocycles. The molecule has 2 saturated heterocycles. The Hall–Kier alpha value is 1.30. The minimum Gasteiger partial charge on any atom is -0.159 e. The molecule has 0 radical (unpaired) electrons. The third kappa shape index (κ3) is 7.92. The Balaban J connectivity index is 1.53. The van der Waals surface area contributed by atoms with E-state index in [4.69, 9.17) is 23.2 Å². The summed E-state index contributed by atoms with van der Waals surface area (Å²) in [5.74, 6) is 2.32. The van der Waals surface area contributed by atoms with Crippen LogP contribution in [0.15, 0.2) is 56.0 Å². The van der Waals surface area contributed by atoms with Crippen LogP contribution in [0.2, 0.25) is 10.0 Å². The van der Waals surface area contributed by atoms with E-state index < -0.39 is 0 Å². The number of halogens is 2. The highest BCUT2D eigenvalue weighted by molar-refractivity contribution is 8.30. The Kier molecular flexibility index (Phi) is 12.7. The van der Waals surface area contributed by atoms with Gasteiger partial charge in [0.05, 0.1) is 9.16 Å². The van der Waals surface area contributed by atoms with Crippen LogP contribution in [-0.4, -0.2) is 56.2 Å². The Labute approximate surface area is 284 Å². The number of rotatable bonds is 4. The summed E-state index contributed by atoms with van der Waals surface area (Å²) in [7, 11) is 0. The van der Waals surface area contributed by atoms with E-state index in [9.17, 15) is 0 Å². The van der Waals surface area contributed by atoms with Crippen LogP contribution in [0.1, 0.15) is 22.3 Å². The second-order valence-corrected chi connectivity index (χ2v) is 20.4. The van der Waals surface area contributed by atoms with Crippen molar-refractivity contribution in [2.45, 2.75) is 45.3 Å². The van der Waals surface area contributed by atoms with Crippen molar-refractivity contribution in [3.63, 3.8) is 0 Å². The lowest BCUT2D eigenvalue weighted by atomic mass is 9.93. The second kappa shape index (κ2) is 15.5. The zero-order valence-corrected chi connectivity index (χ0v) is 31.1. The van der Waals surface area contributed by atoms with Gasteiger partial charge in [0, 0.05) is 40.5 Å². The third-order valence-corrected chi connectivity index (χ3v) is 20.1. The first kappa shape index (κ1) is 32.7. The molecule has 2 aromatic carbocycles. The molecule has 2 aromatic rings. The molecule has 0 aromatic heterocycles. The third-order valence-electron chi connectivity index (χ3n) is 7.34. The highest BCUT2D eigenvalue weighted by Crippen LogP contribution is 2.51. The molecule has 0 nitrogen and oxygen atoms in total. The molecule has 0 amide bonds. The van der Waals surface area contributed by atoms with Crippen molar-refractivity contribution in [1.29, 1.82) is 0 Å². The molecule has 2 heterocycles. The molecule has 4 unspecified atom stereocenters. The molecular formula is C30H34Cl2S8. The standard InChI is InChI=1S/C30H34Cl2S8/c1-33-25-15-37-27(39-29(25)35-3)21-9-17-5-7-18(8-6-17)10-22(28-38-16-26(34-2)30(36-4)40-28)12-20-14-23(31)19(11-21)13-24(20)32/h5-8,13-14,25-26,29-30H,9-12,15-16H2,1-4H3/b27-21-,28-22-. The Morgan fingerprint density at radius 1 is 0.600 bits per heavy atom. The highest BCUT2D eigenvalue weighted by Gasteiger charge is 2.31. The zero-order chi connectivity index (χ0) is 28.2. The first-order valence-corrected chi connectivity index (χ1v) is 22.7. The van der Waals surface area contributed by atoms with E-state index in [1.54, 1.807) is 0 Å². The smallest absolute Gasteiger partial charge is 0.0678 e. The fourth-order valence-electron chi connectivity index (χ4n) is 5.07. The molecule has 0 spiro atoms. The SMILES string of the molecule is CSC1CS/C(=C2\Cc3ccc(cc3)C/C(=C3\SCC(SC)C(SC)S3)Cc3cc(Cl)c(cc3Cl)C2)SC1SC. The fraction of sp³-hybridized carbons (Fsp3) is 0.467. The summed E-state index contributed by atoms with van der Waals surface area (Å²) in [5, 5.41) is 3.03. The van der Waals surface area contributed by atoms with E-state index in [2.05, 4.69) is 84.9 Å². The predicted octanol–water partition coefficient (Wildman–Crippen LogP) is 11.1. The van der Waals surface area contributed by atoms with E-state index in [-0.39, 0.29) is 0 Å². The van der Waals surface area contributed by atoms with E-state index in [0.717, 1.165) is 58.4 Å². The van der Waals surface area contributed by atoms with Crippen LogP contribution in [0.5, 0.6) is 0 Å². The van der Waals surface area contributed by atoms with E-state index in [1.165, 1.54) is 30.7 Å². The number of thioether (sulfide) groups is 8. The normalized spacial score (nSPS) is 29.6. The summed E-state index contributed by atoms with van der Waals surface area (Å²) in [5.41, 5.74) is 7.96. The average molecular weight is 722 g/mol. The van der Waals surface area contributed by atoms with Gasteiger partial charge in [-0.15, -0.1) is 70.6 Å². The zero-order valence-electron chi connectivity index (χ0n) is 23.0. The molecule has 2 fully saturated rings. The van der Waals surface area contributed by atoms with Gasteiger partial charge in [0.25, 0.3) is 0 Å². The molecule has 6 aliphatic rings. The molecule has 0 saturated carbocycles. The van der Waals surface area contributed by atoms with Gasteiger partial charge in [-0.05, 0) is 96.2 Å². The number of allylic oxidation sites excluding steroid dienone is 2.